The molecule has 0 aliphatic carbocycles. The first-order valence-corrected chi connectivity index (χ1v) is 11.2. The summed E-state index contributed by atoms with van der Waals surface area (Å²) in [5.74, 6) is -2.39. The molecule has 34 heavy (non-hydrogen) atoms. The number of hydrazine groups is 1. The van der Waals surface area contributed by atoms with Gasteiger partial charge >= 0.3 is 7.12 Å². The lowest BCUT2D eigenvalue weighted by Gasteiger charge is -2.30. The molecule has 0 saturated heterocycles. The molecule has 2 aromatic rings. The molecule has 0 aromatic heterocycles. The molecule has 9 heteroatoms. The number of halogens is 1. The molecule has 0 unspecified atom stereocenters. The number of hydrogen-bond acceptors (Lipinski definition) is 5. The average molecular weight is 474 g/mol. The van der Waals surface area contributed by atoms with Crippen molar-refractivity contribution in [2.24, 2.45) is 5.41 Å². The Morgan fingerprint density at radius 3 is 2.12 bits per heavy atom. The summed E-state index contributed by atoms with van der Waals surface area (Å²) in [5.41, 5.74) is 3.67. The summed E-state index contributed by atoms with van der Waals surface area (Å²) >= 11 is 0. The van der Waals surface area contributed by atoms with E-state index in [1.807, 2.05) is 54.5 Å². The average Bonchev–Trinajstić information content (AvgIpc) is 2.72. The minimum atomic E-state index is -2.13. The van der Waals surface area contributed by atoms with E-state index in [9.17, 15) is 19.6 Å². The third kappa shape index (κ3) is 7.93. The van der Waals surface area contributed by atoms with E-state index < -0.39 is 35.8 Å². The Morgan fingerprint density at radius 1 is 1.09 bits per heavy atom. The molecule has 0 radical (unpaired) electrons. The first-order valence-electron chi connectivity index (χ1n) is 11.2. The Labute approximate surface area is 202 Å². The van der Waals surface area contributed by atoms with Gasteiger partial charge in [0.05, 0.1) is 12.2 Å². The maximum absolute atomic E-state index is 15.0. The molecule has 0 saturated carbocycles. The molecule has 7 nitrogen and oxygen atoms in total. The van der Waals surface area contributed by atoms with E-state index in [0.29, 0.717) is 5.56 Å². The van der Waals surface area contributed by atoms with Crippen molar-refractivity contribution < 1.29 is 28.8 Å². The minimum absolute atomic E-state index is 0.0624. The highest BCUT2D eigenvalue weighted by Crippen LogP contribution is 2.18. The highest BCUT2D eigenvalue weighted by molar-refractivity contribution is 6.59. The molecule has 0 fully saturated rings. The van der Waals surface area contributed by atoms with Crippen molar-refractivity contribution in [1.82, 2.24) is 10.4 Å². The molecule has 0 aliphatic rings. The number of hydrogen-bond donors (Lipinski definition) is 3. The summed E-state index contributed by atoms with van der Waals surface area (Å²) in [5, 5.41) is 20.4. The second-order valence-electron chi connectivity index (χ2n) is 9.08. The number of ether oxygens (including phenoxy) is 1. The van der Waals surface area contributed by atoms with Gasteiger partial charge in [0.15, 0.2) is 0 Å². The number of aryl methyl sites for hydroxylation is 2. The van der Waals surface area contributed by atoms with Crippen LogP contribution in [0.1, 0.15) is 72.0 Å². The van der Waals surface area contributed by atoms with Gasteiger partial charge in [0.25, 0.3) is 11.8 Å². The summed E-state index contributed by atoms with van der Waals surface area (Å²) in [6, 6.07) is 7.98. The van der Waals surface area contributed by atoms with Gasteiger partial charge in [-0.05, 0) is 43.0 Å². The molecule has 2 rings (SSSR count). The fourth-order valence-corrected chi connectivity index (χ4v) is 3.44. The quantitative estimate of drug-likeness (QED) is 0.442. The van der Waals surface area contributed by atoms with Crippen LogP contribution in [0.5, 0.6) is 0 Å². The fraction of sp³-hybridized carbons (Fsp3) is 0.440. The molecule has 2 aromatic carbocycles. The summed E-state index contributed by atoms with van der Waals surface area (Å²) in [7, 11) is -0.745. The Morgan fingerprint density at radius 2 is 1.65 bits per heavy atom. The Balaban J connectivity index is 0.00000281. The van der Waals surface area contributed by atoms with Crippen molar-refractivity contribution >= 4 is 24.4 Å². The zero-order chi connectivity index (χ0) is 26.2. The highest BCUT2D eigenvalue weighted by atomic mass is 19.1. The monoisotopic (exact) mass is 474 g/mol. The lowest BCUT2D eigenvalue weighted by molar-refractivity contribution is 0.0507. The molecule has 0 aliphatic heterocycles. The standard InChI is InChI=1S/C23H30BFN2O5.C2H6/c1-14-9-15(2)11-17(10-14)22(29)27(13-23(3,4)5)26-21(28)18-8-7-16(12-32-6)19(20(18)25)24(30)31;1-2/h7-11,30-31H,12-13H2,1-6H3,(H,26,28);1-2H3. The topological polar surface area (TPSA) is 99.1 Å². The van der Waals surface area contributed by atoms with Crippen molar-refractivity contribution in [3.05, 3.63) is 64.0 Å². The number of amides is 2. The summed E-state index contributed by atoms with van der Waals surface area (Å²) in [6.07, 6.45) is 0. The van der Waals surface area contributed by atoms with E-state index in [-0.39, 0.29) is 24.1 Å². The van der Waals surface area contributed by atoms with Gasteiger partial charge in [-0.25, -0.2) is 9.40 Å². The van der Waals surface area contributed by atoms with Crippen LogP contribution in [-0.2, 0) is 11.3 Å². The van der Waals surface area contributed by atoms with Crippen LogP contribution in [0.3, 0.4) is 0 Å². The molecule has 3 N–H and O–H groups in total. The van der Waals surface area contributed by atoms with Crippen LogP contribution < -0.4 is 10.9 Å². The Bertz CT molecular complexity index is 985. The third-order valence-electron chi connectivity index (χ3n) is 4.66. The number of nitrogens with zero attached hydrogens (tertiary/aromatic N) is 1. The van der Waals surface area contributed by atoms with Gasteiger partial charge < -0.3 is 14.8 Å². The molecular formula is C25H36BFN2O5. The normalized spacial score (nSPS) is 10.8. The van der Waals surface area contributed by atoms with Crippen LogP contribution in [-0.4, -0.2) is 47.6 Å². The molecular weight excluding hydrogens is 438 g/mol. The number of rotatable bonds is 6. The number of nitrogens with one attached hydrogen (secondary N) is 1. The summed E-state index contributed by atoms with van der Waals surface area (Å²) in [6.45, 7) is 13.6. The molecule has 186 valence electrons. The van der Waals surface area contributed by atoms with E-state index in [1.54, 1.807) is 12.1 Å². The summed E-state index contributed by atoms with van der Waals surface area (Å²) < 4.78 is 20.0. The van der Waals surface area contributed by atoms with E-state index >= 15 is 4.39 Å². The maximum Gasteiger partial charge on any atom is 0.491 e. The van der Waals surface area contributed by atoms with Crippen LogP contribution >= 0.6 is 0 Å². The van der Waals surface area contributed by atoms with E-state index in [0.717, 1.165) is 16.1 Å². The van der Waals surface area contributed by atoms with Crippen molar-refractivity contribution in [3.63, 3.8) is 0 Å². The predicted molar refractivity (Wildman–Crippen MR) is 132 cm³/mol. The zero-order valence-electron chi connectivity index (χ0n) is 21.3. The van der Waals surface area contributed by atoms with Gasteiger partial charge in [-0.2, -0.15) is 0 Å². The number of carbonyl (C=O) groups is 2. The third-order valence-corrected chi connectivity index (χ3v) is 4.66. The molecule has 2 amide bonds. The largest absolute Gasteiger partial charge is 0.491 e. The SMILES string of the molecule is CC.COCc1ccc(C(=O)NN(CC(C)(C)C)C(=O)c2cc(C)cc(C)c2)c(F)c1B(O)O. The van der Waals surface area contributed by atoms with Gasteiger partial charge in [0, 0.05) is 24.7 Å². The van der Waals surface area contributed by atoms with Gasteiger partial charge in [-0.15, -0.1) is 0 Å². The Kier molecular flexibility index (Phi) is 10.9. The lowest BCUT2D eigenvalue weighted by atomic mass is 9.75. The lowest BCUT2D eigenvalue weighted by Crippen LogP contribution is -2.50. The second kappa shape index (κ2) is 12.6. The molecule has 0 atom stereocenters. The number of benzene rings is 2. The zero-order valence-corrected chi connectivity index (χ0v) is 21.3. The van der Waals surface area contributed by atoms with Crippen LogP contribution in [0.2, 0.25) is 0 Å². The van der Waals surface area contributed by atoms with Crippen LogP contribution in [0, 0.1) is 25.1 Å². The van der Waals surface area contributed by atoms with Crippen molar-refractivity contribution in [1.29, 1.82) is 0 Å². The first-order chi connectivity index (χ1) is 15.8. The van der Waals surface area contributed by atoms with Crippen LogP contribution in [0.15, 0.2) is 30.3 Å². The van der Waals surface area contributed by atoms with Gasteiger partial charge in [-0.3, -0.25) is 15.0 Å². The maximum atomic E-state index is 15.0. The van der Waals surface area contributed by atoms with Crippen molar-refractivity contribution in [3.8, 4) is 0 Å². The molecule has 0 spiro atoms. The number of carbonyl (C=O) groups excluding carboxylic acids is 2. The van der Waals surface area contributed by atoms with Crippen LogP contribution in [0.4, 0.5) is 4.39 Å². The minimum Gasteiger partial charge on any atom is -0.423 e. The fourth-order valence-electron chi connectivity index (χ4n) is 3.44. The summed E-state index contributed by atoms with van der Waals surface area (Å²) in [4.78, 5) is 26.2. The highest BCUT2D eigenvalue weighted by Gasteiger charge is 2.29. The van der Waals surface area contributed by atoms with Crippen molar-refractivity contribution in [2.45, 2.75) is 55.1 Å². The predicted octanol–water partition coefficient (Wildman–Crippen LogP) is 3.13. The van der Waals surface area contributed by atoms with Gasteiger partial charge in [0.1, 0.15) is 5.82 Å². The second-order valence-corrected chi connectivity index (χ2v) is 9.08. The van der Waals surface area contributed by atoms with Gasteiger partial charge in [0.2, 0.25) is 0 Å². The first kappa shape index (κ1) is 29.3. The molecule has 0 bridgehead atoms. The van der Waals surface area contributed by atoms with Gasteiger partial charge in [-0.1, -0.05) is 57.9 Å². The smallest absolute Gasteiger partial charge is 0.423 e. The molecule has 0 heterocycles. The van der Waals surface area contributed by atoms with E-state index in [4.69, 9.17) is 4.74 Å². The van der Waals surface area contributed by atoms with Crippen LogP contribution in [0.25, 0.3) is 0 Å². The number of methoxy groups -OCH3 is 1. The van der Waals surface area contributed by atoms with Crippen molar-refractivity contribution in [2.75, 3.05) is 13.7 Å². The van der Waals surface area contributed by atoms with E-state index in [2.05, 4.69) is 5.43 Å². The van der Waals surface area contributed by atoms with E-state index in [1.165, 1.54) is 19.2 Å². The Hall–Kier alpha value is -2.75.